The van der Waals surface area contributed by atoms with Crippen molar-refractivity contribution < 1.29 is 4.79 Å². The van der Waals surface area contributed by atoms with Crippen molar-refractivity contribution in [3.05, 3.63) is 11.9 Å². The Labute approximate surface area is 66.9 Å². The molecule has 1 aliphatic rings. The Balaban J connectivity index is 2.66. The Morgan fingerprint density at radius 1 is 1.55 bits per heavy atom. The van der Waals surface area contributed by atoms with Crippen molar-refractivity contribution in [2.75, 3.05) is 0 Å². The monoisotopic (exact) mass is 154 g/mol. The third-order valence-corrected chi connectivity index (χ3v) is 1.77. The smallest absolute Gasteiger partial charge is 0.246 e. The Hall–Kier alpha value is -0.990. The lowest BCUT2D eigenvalue weighted by molar-refractivity contribution is -0.122. The quantitative estimate of drug-likeness (QED) is 0.580. The van der Waals surface area contributed by atoms with Crippen LogP contribution >= 0.6 is 0 Å². The summed E-state index contributed by atoms with van der Waals surface area (Å²) < 4.78 is 0. The first-order valence-electron chi connectivity index (χ1n) is 3.88. The van der Waals surface area contributed by atoms with E-state index in [-0.39, 0.29) is 11.9 Å². The highest BCUT2D eigenvalue weighted by Crippen LogP contribution is 2.07. The first kappa shape index (κ1) is 8.11. The fraction of sp³-hybridized carbons (Fsp3) is 0.625. The van der Waals surface area contributed by atoms with Crippen LogP contribution in [0.3, 0.4) is 0 Å². The summed E-state index contributed by atoms with van der Waals surface area (Å²) in [6, 6.07) is -0.0995. The Kier molecular flexibility index (Phi) is 2.17. The Morgan fingerprint density at radius 3 is 2.64 bits per heavy atom. The molecule has 0 saturated carbocycles. The summed E-state index contributed by atoms with van der Waals surface area (Å²) in [5.41, 5.74) is 0.966. The van der Waals surface area contributed by atoms with E-state index in [4.69, 9.17) is 0 Å². The molecule has 1 heterocycles. The summed E-state index contributed by atoms with van der Waals surface area (Å²) in [5.74, 6) is 0.426. The number of hydrogen-bond donors (Lipinski definition) is 2. The average Bonchev–Trinajstić information content (AvgIpc) is 1.94. The molecule has 3 nitrogen and oxygen atoms in total. The van der Waals surface area contributed by atoms with Crippen molar-refractivity contribution in [2.24, 2.45) is 5.92 Å². The summed E-state index contributed by atoms with van der Waals surface area (Å²) in [4.78, 5) is 11.1. The number of nitrogens with one attached hydrogen (secondary N) is 2. The van der Waals surface area contributed by atoms with Gasteiger partial charge in [0.2, 0.25) is 5.91 Å². The van der Waals surface area contributed by atoms with Crippen LogP contribution in [0.25, 0.3) is 0 Å². The standard InChI is InChI=1S/C8H14N2O/c1-5(2)7-4-9-6(3)8(11)10-7/h4-6,9H,1-3H3,(H,10,11)/t6-/m0/s1. The summed E-state index contributed by atoms with van der Waals surface area (Å²) in [5, 5.41) is 5.81. The van der Waals surface area contributed by atoms with Gasteiger partial charge in [0.1, 0.15) is 6.04 Å². The number of hydrogen-bond acceptors (Lipinski definition) is 2. The highest BCUT2D eigenvalue weighted by atomic mass is 16.2. The second kappa shape index (κ2) is 2.95. The predicted octanol–water partition coefficient (Wildman–Crippen LogP) is 0.592. The molecule has 0 spiro atoms. The molecule has 11 heavy (non-hydrogen) atoms. The van der Waals surface area contributed by atoms with Gasteiger partial charge in [-0.1, -0.05) is 13.8 Å². The number of rotatable bonds is 1. The van der Waals surface area contributed by atoms with Crippen molar-refractivity contribution >= 4 is 5.91 Å². The molecular weight excluding hydrogens is 140 g/mol. The van der Waals surface area contributed by atoms with Crippen molar-refractivity contribution in [3.63, 3.8) is 0 Å². The zero-order chi connectivity index (χ0) is 8.43. The number of carbonyl (C=O) groups is 1. The average molecular weight is 154 g/mol. The summed E-state index contributed by atoms with van der Waals surface area (Å²) in [7, 11) is 0. The lowest BCUT2D eigenvalue weighted by atomic mass is 10.1. The van der Waals surface area contributed by atoms with Crippen LogP contribution in [0.15, 0.2) is 11.9 Å². The molecule has 62 valence electrons. The Bertz CT molecular complexity index is 196. The van der Waals surface area contributed by atoms with E-state index < -0.39 is 0 Å². The molecule has 3 heteroatoms. The van der Waals surface area contributed by atoms with Crippen LogP contribution in [0, 0.1) is 5.92 Å². The molecule has 1 atom stereocenters. The van der Waals surface area contributed by atoms with Crippen LogP contribution in [0.2, 0.25) is 0 Å². The first-order valence-corrected chi connectivity index (χ1v) is 3.88. The van der Waals surface area contributed by atoms with Gasteiger partial charge >= 0.3 is 0 Å². The Morgan fingerprint density at radius 2 is 2.18 bits per heavy atom. The molecule has 1 rings (SSSR count). The van der Waals surface area contributed by atoms with Gasteiger partial charge in [-0.2, -0.15) is 0 Å². The van der Waals surface area contributed by atoms with Gasteiger partial charge in [0, 0.05) is 11.9 Å². The van der Waals surface area contributed by atoms with Crippen LogP contribution in [0.4, 0.5) is 0 Å². The topological polar surface area (TPSA) is 41.1 Å². The van der Waals surface area contributed by atoms with Crippen LogP contribution in [-0.4, -0.2) is 11.9 Å². The van der Waals surface area contributed by atoms with Gasteiger partial charge in [0.15, 0.2) is 0 Å². The number of allylic oxidation sites excluding steroid dienone is 1. The van der Waals surface area contributed by atoms with E-state index in [1.807, 2.05) is 27.0 Å². The maximum atomic E-state index is 11.1. The van der Waals surface area contributed by atoms with Gasteiger partial charge < -0.3 is 10.6 Å². The molecule has 0 aromatic carbocycles. The van der Waals surface area contributed by atoms with Gasteiger partial charge in [-0.25, -0.2) is 0 Å². The summed E-state index contributed by atoms with van der Waals surface area (Å²) in [6.07, 6.45) is 1.87. The minimum atomic E-state index is -0.0995. The van der Waals surface area contributed by atoms with E-state index in [1.54, 1.807) is 0 Å². The minimum Gasteiger partial charge on any atom is -0.378 e. The molecule has 1 aliphatic heterocycles. The van der Waals surface area contributed by atoms with Gasteiger partial charge in [-0.15, -0.1) is 0 Å². The highest BCUT2D eigenvalue weighted by molar-refractivity contribution is 5.84. The van der Waals surface area contributed by atoms with Gasteiger partial charge in [-0.3, -0.25) is 4.79 Å². The fourth-order valence-electron chi connectivity index (χ4n) is 0.888. The zero-order valence-electron chi connectivity index (χ0n) is 7.14. The number of carbonyl (C=O) groups excluding carboxylic acids is 1. The van der Waals surface area contributed by atoms with Gasteiger partial charge in [0.05, 0.1) is 0 Å². The van der Waals surface area contributed by atoms with Crippen molar-refractivity contribution in [1.82, 2.24) is 10.6 Å². The lowest BCUT2D eigenvalue weighted by Crippen LogP contribution is -2.45. The van der Waals surface area contributed by atoms with E-state index in [1.165, 1.54) is 0 Å². The molecule has 1 amide bonds. The zero-order valence-corrected chi connectivity index (χ0v) is 7.14. The van der Waals surface area contributed by atoms with Crippen LogP contribution < -0.4 is 10.6 Å². The normalized spacial score (nSPS) is 24.2. The van der Waals surface area contributed by atoms with Gasteiger partial charge in [0.25, 0.3) is 0 Å². The predicted molar refractivity (Wildman–Crippen MR) is 43.7 cm³/mol. The largest absolute Gasteiger partial charge is 0.378 e. The molecule has 0 radical (unpaired) electrons. The van der Waals surface area contributed by atoms with E-state index in [9.17, 15) is 4.79 Å². The molecule has 0 aliphatic carbocycles. The van der Waals surface area contributed by atoms with Crippen LogP contribution in [0.5, 0.6) is 0 Å². The van der Waals surface area contributed by atoms with E-state index in [2.05, 4.69) is 10.6 Å². The van der Waals surface area contributed by atoms with E-state index >= 15 is 0 Å². The maximum Gasteiger partial charge on any atom is 0.246 e. The SMILES string of the molecule is CC(C)C1=CN[C@@H](C)C(=O)N1. The van der Waals surface area contributed by atoms with Crippen LogP contribution in [-0.2, 0) is 4.79 Å². The molecule has 0 aromatic rings. The minimum absolute atomic E-state index is 0.0520. The van der Waals surface area contributed by atoms with Gasteiger partial charge in [-0.05, 0) is 12.8 Å². The van der Waals surface area contributed by atoms with Crippen molar-refractivity contribution in [3.8, 4) is 0 Å². The third kappa shape index (κ3) is 1.73. The number of amides is 1. The highest BCUT2D eigenvalue weighted by Gasteiger charge is 2.18. The maximum absolute atomic E-state index is 11.1. The molecular formula is C8H14N2O. The second-order valence-electron chi connectivity index (χ2n) is 3.13. The molecule has 0 bridgehead atoms. The first-order chi connectivity index (χ1) is 5.11. The third-order valence-electron chi connectivity index (χ3n) is 1.77. The summed E-state index contributed by atoms with van der Waals surface area (Å²) >= 11 is 0. The van der Waals surface area contributed by atoms with Crippen molar-refractivity contribution in [2.45, 2.75) is 26.8 Å². The van der Waals surface area contributed by atoms with E-state index in [0.717, 1.165) is 5.70 Å². The van der Waals surface area contributed by atoms with Crippen LogP contribution in [0.1, 0.15) is 20.8 Å². The molecule has 0 unspecified atom stereocenters. The fourth-order valence-corrected chi connectivity index (χ4v) is 0.888. The summed E-state index contributed by atoms with van der Waals surface area (Å²) in [6.45, 7) is 5.93. The molecule has 0 fully saturated rings. The lowest BCUT2D eigenvalue weighted by Gasteiger charge is -2.22. The second-order valence-corrected chi connectivity index (χ2v) is 3.13. The molecule has 0 aromatic heterocycles. The van der Waals surface area contributed by atoms with E-state index in [0.29, 0.717) is 5.92 Å². The molecule has 0 saturated heterocycles. The van der Waals surface area contributed by atoms with Crippen molar-refractivity contribution in [1.29, 1.82) is 0 Å². The molecule has 2 N–H and O–H groups in total.